The van der Waals surface area contributed by atoms with Gasteiger partial charge < -0.3 is 4.74 Å². The van der Waals surface area contributed by atoms with Crippen molar-refractivity contribution in [3.8, 4) is 0 Å². The number of hydrogen-bond donors (Lipinski definition) is 0. The van der Waals surface area contributed by atoms with Crippen molar-refractivity contribution < 1.29 is 13.9 Å². The Morgan fingerprint density at radius 3 is 2.50 bits per heavy atom. The molecule has 0 amide bonds. The van der Waals surface area contributed by atoms with Crippen molar-refractivity contribution in [2.75, 3.05) is 6.54 Å². The SMILES string of the molecule is O=CC1OC(c2ccc(F)cc2)CN1Cc1ccc(I)cc1. The van der Waals surface area contributed by atoms with Gasteiger partial charge in [0, 0.05) is 16.7 Å². The van der Waals surface area contributed by atoms with Crippen molar-refractivity contribution in [3.63, 3.8) is 0 Å². The monoisotopic (exact) mass is 411 g/mol. The first-order valence-electron chi connectivity index (χ1n) is 7.00. The van der Waals surface area contributed by atoms with Crippen LogP contribution in [0.2, 0.25) is 0 Å². The highest BCUT2D eigenvalue weighted by molar-refractivity contribution is 14.1. The van der Waals surface area contributed by atoms with Crippen molar-refractivity contribution in [1.82, 2.24) is 4.90 Å². The normalized spacial score (nSPS) is 21.9. The molecule has 0 aliphatic carbocycles. The number of carbonyl (C=O) groups is 1. The van der Waals surface area contributed by atoms with Crippen LogP contribution in [0.1, 0.15) is 17.2 Å². The van der Waals surface area contributed by atoms with Gasteiger partial charge >= 0.3 is 0 Å². The Balaban J connectivity index is 1.73. The summed E-state index contributed by atoms with van der Waals surface area (Å²) >= 11 is 2.26. The number of hydrogen-bond acceptors (Lipinski definition) is 3. The summed E-state index contributed by atoms with van der Waals surface area (Å²) in [7, 11) is 0. The Kier molecular flexibility index (Phi) is 4.85. The van der Waals surface area contributed by atoms with E-state index in [4.69, 9.17) is 4.74 Å². The number of nitrogens with zero attached hydrogens (tertiary/aromatic N) is 1. The number of halogens is 2. The Hall–Kier alpha value is -1.31. The third-order valence-corrected chi connectivity index (χ3v) is 4.44. The molecule has 114 valence electrons. The molecule has 1 aliphatic heterocycles. The summed E-state index contributed by atoms with van der Waals surface area (Å²) in [5, 5.41) is 0. The van der Waals surface area contributed by atoms with E-state index in [-0.39, 0.29) is 11.9 Å². The lowest BCUT2D eigenvalue weighted by atomic mass is 10.1. The molecule has 0 saturated carbocycles. The topological polar surface area (TPSA) is 29.5 Å². The van der Waals surface area contributed by atoms with Crippen LogP contribution in [0.25, 0.3) is 0 Å². The van der Waals surface area contributed by atoms with Gasteiger partial charge in [-0.15, -0.1) is 0 Å². The maximum atomic E-state index is 13.0. The molecule has 1 aliphatic rings. The molecular formula is C17H15FINO2. The Labute approximate surface area is 142 Å². The van der Waals surface area contributed by atoms with E-state index in [1.54, 1.807) is 12.1 Å². The van der Waals surface area contributed by atoms with Crippen LogP contribution in [0.4, 0.5) is 4.39 Å². The largest absolute Gasteiger partial charge is 0.347 e. The Morgan fingerprint density at radius 2 is 1.86 bits per heavy atom. The second-order valence-corrected chi connectivity index (χ2v) is 6.50. The van der Waals surface area contributed by atoms with Crippen LogP contribution in [-0.2, 0) is 16.1 Å². The van der Waals surface area contributed by atoms with Crippen LogP contribution < -0.4 is 0 Å². The van der Waals surface area contributed by atoms with Gasteiger partial charge in [0.05, 0.1) is 6.10 Å². The first kappa shape index (κ1) is 15.6. The number of ether oxygens (including phenoxy) is 1. The van der Waals surface area contributed by atoms with E-state index in [1.165, 1.54) is 15.7 Å². The zero-order valence-electron chi connectivity index (χ0n) is 11.8. The van der Waals surface area contributed by atoms with Crippen LogP contribution in [0.3, 0.4) is 0 Å². The van der Waals surface area contributed by atoms with Gasteiger partial charge in [-0.3, -0.25) is 9.69 Å². The minimum Gasteiger partial charge on any atom is -0.347 e. The Morgan fingerprint density at radius 1 is 1.18 bits per heavy atom. The van der Waals surface area contributed by atoms with Gasteiger partial charge in [0.25, 0.3) is 0 Å². The molecule has 2 unspecified atom stereocenters. The van der Waals surface area contributed by atoms with E-state index >= 15 is 0 Å². The summed E-state index contributed by atoms with van der Waals surface area (Å²) in [5.41, 5.74) is 2.02. The molecule has 0 radical (unpaired) electrons. The number of rotatable bonds is 4. The van der Waals surface area contributed by atoms with Gasteiger partial charge in [0.15, 0.2) is 12.5 Å². The highest BCUT2D eigenvalue weighted by atomic mass is 127. The van der Waals surface area contributed by atoms with Crippen molar-refractivity contribution >= 4 is 28.9 Å². The van der Waals surface area contributed by atoms with Crippen molar-refractivity contribution in [3.05, 3.63) is 69.0 Å². The zero-order chi connectivity index (χ0) is 15.5. The quantitative estimate of drug-likeness (QED) is 0.570. The average Bonchev–Trinajstić information content (AvgIpc) is 2.93. The molecule has 22 heavy (non-hydrogen) atoms. The summed E-state index contributed by atoms with van der Waals surface area (Å²) in [6.45, 7) is 1.26. The lowest BCUT2D eigenvalue weighted by Gasteiger charge is -2.17. The lowest BCUT2D eigenvalue weighted by molar-refractivity contribution is -0.123. The molecule has 1 saturated heterocycles. The standard InChI is InChI=1S/C17H15FINO2/c18-14-5-3-13(4-6-14)16-10-20(17(11-21)22-16)9-12-1-7-15(19)8-2-12/h1-8,11,16-17H,9-10H2. The molecular weight excluding hydrogens is 396 g/mol. The van der Waals surface area contributed by atoms with Gasteiger partial charge in [0.1, 0.15) is 5.82 Å². The van der Waals surface area contributed by atoms with Gasteiger partial charge in [-0.05, 0) is 58.0 Å². The van der Waals surface area contributed by atoms with Gasteiger partial charge in [-0.25, -0.2) is 4.39 Å². The van der Waals surface area contributed by atoms with Gasteiger partial charge in [-0.2, -0.15) is 0 Å². The van der Waals surface area contributed by atoms with Crippen LogP contribution >= 0.6 is 22.6 Å². The van der Waals surface area contributed by atoms with Crippen molar-refractivity contribution in [2.24, 2.45) is 0 Å². The molecule has 5 heteroatoms. The molecule has 1 heterocycles. The third-order valence-electron chi connectivity index (χ3n) is 3.72. The Bertz CT molecular complexity index is 645. The minimum absolute atomic E-state index is 0.209. The van der Waals surface area contributed by atoms with Gasteiger partial charge in [-0.1, -0.05) is 24.3 Å². The molecule has 2 aromatic carbocycles. The second-order valence-electron chi connectivity index (χ2n) is 5.26. The van der Waals surface area contributed by atoms with Crippen LogP contribution in [0.15, 0.2) is 48.5 Å². The van der Waals surface area contributed by atoms with E-state index in [1.807, 2.05) is 17.0 Å². The molecule has 3 rings (SSSR count). The predicted molar refractivity (Wildman–Crippen MR) is 89.6 cm³/mol. The molecule has 0 aromatic heterocycles. The third kappa shape index (κ3) is 3.53. The molecule has 0 N–H and O–H groups in total. The maximum Gasteiger partial charge on any atom is 0.168 e. The summed E-state index contributed by atoms with van der Waals surface area (Å²) in [4.78, 5) is 13.3. The van der Waals surface area contributed by atoms with Crippen LogP contribution in [0.5, 0.6) is 0 Å². The summed E-state index contributed by atoms with van der Waals surface area (Å²) in [5.74, 6) is -0.274. The first-order valence-corrected chi connectivity index (χ1v) is 8.08. The predicted octanol–water partition coefficient (Wildman–Crippen LogP) is 3.53. The highest BCUT2D eigenvalue weighted by Crippen LogP contribution is 2.29. The molecule has 0 bridgehead atoms. The van der Waals surface area contributed by atoms with E-state index in [9.17, 15) is 9.18 Å². The number of benzene rings is 2. The van der Waals surface area contributed by atoms with Crippen LogP contribution in [0, 0.1) is 9.39 Å². The van der Waals surface area contributed by atoms with Crippen molar-refractivity contribution in [2.45, 2.75) is 18.9 Å². The number of aldehydes is 1. The molecule has 2 atom stereocenters. The zero-order valence-corrected chi connectivity index (χ0v) is 13.9. The summed E-state index contributed by atoms with van der Waals surface area (Å²) < 4.78 is 20.0. The van der Waals surface area contributed by atoms with Crippen LogP contribution in [-0.4, -0.2) is 24.0 Å². The first-order chi connectivity index (χ1) is 10.7. The fraction of sp³-hybridized carbons (Fsp3) is 0.235. The fourth-order valence-electron chi connectivity index (χ4n) is 2.57. The summed E-state index contributed by atoms with van der Waals surface area (Å²) in [6, 6.07) is 14.4. The second kappa shape index (κ2) is 6.85. The lowest BCUT2D eigenvalue weighted by Crippen LogP contribution is -2.30. The van der Waals surface area contributed by atoms with E-state index in [2.05, 4.69) is 34.7 Å². The smallest absolute Gasteiger partial charge is 0.168 e. The average molecular weight is 411 g/mol. The fourth-order valence-corrected chi connectivity index (χ4v) is 2.93. The minimum atomic E-state index is -0.561. The molecule has 0 spiro atoms. The van der Waals surface area contributed by atoms with Gasteiger partial charge in [0.2, 0.25) is 0 Å². The maximum absolute atomic E-state index is 13.0. The molecule has 1 fully saturated rings. The highest BCUT2D eigenvalue weighted by Gasteiger charge is 2.33. The van der Waals surface area contributed by atoms with Crippen molar-refractivity contribution in [1.29, 1.82) is 0 Å². The number of carbonyl (C=O) groups excluding carboxylic acids is 1. The molecule has 3 nitrogen and oxygen atoms in total. The van der Waals surface area contributed by atoms with E-state index in [0.29, 0.717) is 13.1 Å². The van der Waals surface area contributed by atoms with E-state index in [0.717, 1.165) is 17.4 Å². The summed E-state index contributed by atoms with van der Waals surface area (Å²) in [6.07, 6.45) is 0.0462. The van der Waals surface area contributed by atoms with E-state index < -0.39 is 6.23 Å². The molecule has 2 aromatic rings.